The number of carbonyl (C=O) groups excluding carboxylic acids is 1. The van der Waals surface area contributed by atoms with E-state index in [0.29, 0.717) is 12.5 Å². The van der Waals surface area contributed by atoms with E-state index < -0.39 is 6.10 Å². The lowest BCUT2D eigenvalue weighted by Gasteiger charge is -2.54. The van der Waals surface area contributed by atoms with Gasteiger partial charge in [0.05, 0.1) is 42.7 Å². The van der Waals surface area contributed by atoms with Gasteiger partial charge < -0.3 is 20.1 Å². The Labute approximate surface area is 154 Å². The molecule has 1 aliphatic carbocycles. The average molecular weight is 355 g/mol. The van der Waals surface area contributed by atoms with E-state index in [4.69, 9.17) is 4.74 Å². The van der Waals surface area contributed by atoms with Gasteiger partial charge in [0.1, 0.15) is 6.04 Å². The van der Waals surface area contributed by atoms with Crippen molar-refractivity contribution in [2.24, 2.45) is 5.41 Å². The molecule has 5 heteroatoms. The first kappa shape index (κ1) is 16.3. The van der Waals surface area contributed by atoms with Crippen LogP contribution in [0.1, 0.15) is 38.2 Å². The number of para-hydroxylation sites is 1. The standard InChI is InChI=1S/C21H26N2O3/c1-13(24)20-8-5-10-23-11-9-21(19(20)23)15-6-3-4-7-16(15)22-17(21)14(12-20)18(25)26-2/h3-4,6-7,13,19,22,24H,5,8-12H2,1-2H3/p+1/t13-,19+,20+,21+/m0/s1. The third kappa shape index (κ3) is 1.75. The van der Waals surface area contributed by atoms with E-state index in [-0.39, 0.29) is 16.8 Å². The highest BCUT2D eigenvalue weighted by atomic mass is 16.5. The molecular formula is C21H27N2O3+. The second-order valence-corrected chi connectivity index (χ2v) is 8.52. The maximum absolute atomic E-state index is 12.8. The van der Waals surface area contributed by atoms with Crippen molar-refractivity contribution < 1.29 is 19.5 Å². The van der Waals surface area contributed by atoms with Gasteiger partial charge in [-0.1, -0.05) is 18.2 Å². The minimum absolute atomic E-state index is 0.203. The average Bonchev–Trinajstić information content (AvgIpc) is 3.21. The van der Waals surface area contributed by atoms with Crippen LogP contribution in [0.2, 0.25) is 0 Å². The third-order valence-corrected chi connectivity index (χ3v) is 7.64. The van der Waals surface area contributed by atoms with Crippen LogP contribution < -0.4 is 10.2 Å². The first-order chi connectivity index (χ1) is 12.5. The summed E-state index contributed by atoms with van der Waals surface area (Å²) < 4.78 is 5.18. The lowest BCUT2D eigenvalue weighted by atomic mass is 9.53. The van der Waals surface area contributed by atoms with Crippen molar-refractivity contribution in [2.75, 3.05) is 25.5 Å². The van der Waals surface area contributed by atoms with Gasteiger partial charge in [-0.2, -0.15) is 0 Å². The molecule has 0 saturated carbocycles. The molecule has 5 atom stereocenters. The number of rotatable bonds is 2. The summed E-state index contributed by atoms with van der Waals surface area (Å²) in [6, 6.07) is 8.76. The van der Waals surface area contributed by atoms with Crippen LogP contribution in [-0.2, 0) is 14.9 Å². The summed E-state index contributed by atoms with van der Waals surface area (Å²) in [4.78, 5) is 14.4. The quantitative estimate of drug-likeness (QED) is 0.693. The Balaban J connectivity index is 1.82. The molecule has 2 saturated heterocycles. The zero-order valence-corrected chi connectivity index (χ0v) is 15.5. The highest BCUT2D eigenvalue weighted by molar-refractivity contribution is 5.93. The number of methoxy groups -OCH3 is 1. The maximum Gasteiger partial charge on any atom is 0.335 e. The summed E-state index contributed by atoms with van der Waals surface area (Å²) in [5.74, 6) is -0.253. The van der Waals surface area contributed by atoms with Crippen molar-refractivity contribution in [3.8, 4) is 0 Å². The molecule has 0 radical (unpaired) electrons. The van der Waals surface area contributed by atoms with E-state index in [9.17, 15) is 9.90 Å². The van der Waals surface area contributed by atoms with Crippen LogP contribution in [0.15, 0.2) is 35.5 Å². The fourth-order valence-electron chi connectivity index (χ4n) is 6.72. The van der Waals surface area contributed by atoms with Crippen molar-refractivity contribution in [3.63, 3.8) is 0 Å². The zero-order chi connectivity index (χ0) is 18.1. The number of esters is 1. The molecule has 0 bridgehead atoms. The highest BCUT2D eigenvalue weighted by Crippen LogP contribution is 2.61. The molecule has 1 unspecified atom stereocenters. The minimum atomic E-state index is -0.452. The molecule has 3 heterocycles. The number of benzene rings is 1. The van der Waals surface area contributed by atoms with E-state index in [0.717, 1.165) is 49.3 Å². The Morgan fingerprint density at radius 1 is 1.35 bits per heavy atom. The molecule has 138 valence electrons. The number of hydrogen-bond donors (Lipinski definition) is 3. The van der Waals surface area contributed by atoms with E-state index in [2.05, 4.69) is 23.5 Å². The number of fused-ring (bicyclic) bond motifs is 1. The smallest absolute Gasteiger partial charge is 0.335 e. The van der Waals surface area contributed by atoms with Gasteiger partial charge in [0.25, 0.3) is 0 Å². The van der Waals surface area contributed by atoms with Crippen LogP contribution in [0.3, 0.4) is 0 Å². The van der Waals surface area contributed by atoms with Gasteiger partial charge in [0, 0.05) is 17.8 Å². The van der Waals surface area contributed by atoms with Gasteiger partial charge in [0.15, 0.2) is 0 Å². The summed E-state index contributed by atoms with van der Waals surface area (Å²) in [7, 11) is 1.46. The molecule has 5 nitrogen and oxygen atoms in total. The van der Waals surface area contributed by atoms with Crippen molar-refractivity contribution >= 4 is 11.7 Å². The van der Waals surface area contributed by atoms with Gasteiger partial charge >= 0.3 is 5.97 Å². The summed E-state index contributed by atoms with van der Waals surface area (Å²) in [6.45, 7) is 4.17. The number of anilines is 1. The Morgan fingerprint density at radius 2 is 2.15 bits per heavy atom. The van der Waals surface area contributed by atoms with Gasteiger partial charge in [0.2, 0.25) is 0 Å². The molecule has 0 aromatic heterocycles. The molecule has 2 fully saturated rings. The number of hydrogen-bond acceptors (Lipinski definition) is 4. The van der Waals surface area contributed by atoms with Crippen molar-refractivity contribution in [1.29, 1.82) is 0 Å². The van der Waals surface area contributed by atoms with Crippen LogP contribution in [0.5, 0.6) is 0 Å². The first-order valence-electron chi connectivity index (χ1n) is 9.76. The molecule has 4 aliphatic rings. The van der Waals surface area contributed by atoms with Crippen LogP contribution >= 0.6 is 0 Å². The molecule has 26 heavy (non-hydrogen) atoms. The Kier molecular flexibility index (Phi) is 3.35. The van der Waals surface area contributed by atoms with Gasteiger partial charge in [-0.3, -0.25) is 0 Å². The molecule has 3 N–H and O–H groups in total. The SMILES string of the molecule is COC(=O)C1=C2Nc3ccccc3[C@]23CC[NH+]2CCC[C@]([C@H](C)O)(C1)[C@@H]23. The van der Waals surface area contributed by atoms with Crippen molar-refractivity contribution in [2.45, 2.75) is 50.2 Å². The molecule has 1 aromatic carbocycles. The van der Waals surface area contributed by atoms with Crippen LogP contribution in [0, 0.1) is 5.41 Å². The van der Waals surface area contributed by atoms with Gasteiger partial charge in [-0.25, -0.2) is 4.79 Å². The predicted molar refractivity (Wildman–Crippen MR) is 97.9 cm³/mol. The van der Waals surface area contributed by atoms with E-state index >= 15 is 0 Å². The molecule has 1 spiro atoms. The monoisotopic (exact) mass is 355 g/mol. The first-order valence-corrected chi connectivity index (χ1v) is 9.76. The number of nitrogens with one attached hydrogen (secondary N) is 2. The lowest BCUT2D eigenvalue weighted by molar-refractivity contribution is -0.929. The van der Waals surface area contributed by atoms with Crippen LogP contribution in [-0.4, -0.2) is 43.4 Å². The second kappa shape index (κ2) is 5.33. The number of ether oxygens (including phenoxy) is 1. The number of carbonyl (C=O) groups is 1. The summed E-state index contributed by atoms with van der Waals surface area (Å²) in [5.41, 5.74) is 3.72. The van der Waals surface area contributed by atoms with Crippen molar-refractivity contribution in [3.05, 3.63) is 41.1 Å². The molecule has 1 aromatic rings. The lowest BCUT2D eigenvalue weighted by Crippen LogP contribution is -3.18. The van der Waals surface area contributed by atoms with Gasteiger partial charge in [-0.05, 0) is 37.8 Å². The number of aliphatic hydroxyl groups excluding tert-OH is 1. The Morgan fingerprint density at radius 3 is 2.92 bits per heavy atom. The Hall–Kier alpha value is -1.85. The third-order valence-electron chi connectivity index (χ3n) is 7.64. The summed E-state index contributed by atoms with van der Waals surface area (Å²) in [6.07, 6.45) is 3.24. The summed E-state index contributed by atoms with van der Waals surface area (Å²) in [5, 5.41) is 14.5. The zero-order valence-electron chi connectivity index (χ0n) is 15.5. The number of aliphatic hydroxyl groups is 1. The number of piperidine rings is 1. The molecule has 0 amide bonds. The fraction of sp³-hybridized carbons (Fsp3) is 0.571. The van der Waals surface area contributed by atoms with Gasteiger partial charge in [-0.15, -0.1) is 0 Å². The Bertz CT molecular complexity index is 817. The fourth-order valence-corrected chi connectivity index (χ4v) is 6.72. The maximum atomic E-state index is 12.8. The summed E-state index contributed by atoms with van der Waals surface area (Å²) >= 11 is 0. The molecular weight excluding hydrogens is 328 g/mol. The normalized spacial score (nSPS) is 38.1. The van der Waals surface area contributed by atoms with Crippen LogP contribution in [0.25, 0.3) is 0 Å². The number of quaternary nitrogens is 1. The minimum Gasteiger partial charge on any atom is -0.466 e. The second-order valence-electron chi connectivity index (χ2n) is 8.52. The predicted octanol–water partition coefficient (Wildman–Crippen LogP) is 0.999. The largest absolute Gasteiger partial charge is 0.466 e. The molecule has 3 aliphatic heterocycles. The van der Waals surface area contributed by atoms with Crippen molar-refractivity contribution in [1.82, 2.24) is 0 Å². The van der Waals surface area contributed by atoms with E-state index in [1.54, 1.807) is 4.90 Å². The van der Waals surface area contributed by atoms with Crippen LogP contribution in [0.4, 0.5) is 5.69 Å². The topological polar surface area (TPSA) is 63.0 Å². The van der Waals surface area contributed by atoms with E-state index in [1.165, 1.54) is 12.7 Å². The molecule has 5 rings (SSSR count). The highest BCUT2D eigenvalue weighted by Gasteiger charge is 2.70. The van der Waals surface area contributed by atoms with E-state index in [1.807, 2.05) is 13.0 Å².